The van der Waals surface area contributed by atoms with Crippen LogP contribution in [0.5, 0.6) is 0 Å². The summed E-state index contributed by atoms with van der Waals surface area (Å²) in [6, 6.07) is 0. The Morgan fingerprint density at radius 3 is 2.55 bits per heavy atom. The fourth-order valence-corrected chi connectivity index (χ4v) is 8.76. The average Bonchev–Trinajstić information content (AvgIpc) is 3.09. The Bertz CT molecular complexity index is 613. The van der Waals surface area contributed by atoms with E-state index in [4.69, 9.17) is 9.68 Å². The van der Waals surface area contributed by atoms with E-state index >= 15 is 0 Å². The molecule has 0 aromatic carbocycles. The third-order valence-corrected chi connectivity index (χ3v) is 10.4. The molecule has 178 valence electrons. The van der Waals surface area contributed by atoms with Crippen molar-refractivity contribution in [3.05, 3.63) is 0 Å². The van der Waals surface area contributed by atoms with Gasteiger partial charge in [0.1, 0.15) is 6.61 Å². The highest BCUT2D eigenvalue weighted by Gasteiger charge is 2.59. The maximum Gasteiger partial charge on any atom is 0.243 e. The van der Waals surface area contributed by atoms with E-state index in [1.54, 1.807) is 7.05 Å². The highest BCUT2D eigenvalue weighted by Crippen LogP contribution is 2.67. The molecule has 0 heterocycles. The first-order valence-corrected chi connectivity index (χ1v) is 13.2. The average molecular weight is 435 g/mol. The van der Waals surface area contributed by atoms with Crippen LogP contribution in [0.4, 0.5) is 0 Å². The summed E-state index contributed by atoms with van der Waals surface area (Å²) in [5, 5.41) is 0. The van der Waals surface area contributed by atoms with E-state index in [1.165, 1.54) is 70.6 Å². The molecule has 0 radical (unpaired) electrons. The molecule has 7 unspecified atom stereocenters. The molecule has 4 aliphatic rings. The Morgan fingerprint density at radius 1 is 0.903 bits per heavy atom. The van der Waals surface area contributed by atoms with Gasteiger partial charge < -0.3 is 0 Å². The Morgan fingerprint density at radius 2 is 1.71 bits per heavy atom. The van der Waals surface area contributed by atoms with Crippen molar-refractivity contribution in [1.29, 1.82) is 0 Å². The molecule has 0 bridgehead atoms. The molecule has 5 nitrogen and oxygen atoms in total. The van der Waals surface area contributed by atoms with Gasteiger partial charge in [0.2, 0.25) is 5.91 Å². The number of carbonyl (C=O) groups excluding carboxylic acids is 1. The Hall–Kier alpha value is -0.650. The summed E-state index contributed by atoms with van der Waals surface area (Å²) in [4.78, 5) is 22.2. The molecule has 0 aliphatic heterocycles. The molecular weight excluding hydrogens is 388 g/mol. The van der Waals surface area contributed by atoms with Gasteiger partial charge in [0, 0.05) is 13.5 Å². The molecule has 4 saturated carbocycles. The first-order valence-electron chi connectivity index (χ1n) is 13.2. The standard InChI is InChI=1S/C26H46N2O3/c1-25-15-5-4-7-19(25)10-12-21-22-13-11-20(26(22,2)16-14-23(21)25)8-6-9-24(29)28-31-18-17-30-27-3/h19-23,27H,4-18H2,1-3H3,(H,28,29). The number of hydrogen-bond donors (Lipinski definition) is 2. The predicted molar refractivity (Wildman–Crippen MR) is 123 cm³/mol. The number of amides is 1. The zero-order chi connectivity index (χ0) is 21.9. The zero-order valence-electron chi connectivity index (χ0n) is 20.2. The van der Waals surface area contributed by atoms with E-state index in [9.17, 15) is 4.79 Å². The van der Waals surface area contributed by atoms with Gasteiger partial charge in [-0.1, -0.05) is 26.7 Å². The van der Waals surface area contributed by atoms with Gasteiger partial charge >= 0.3 is 0 Å². The zero-order valence-corrected chi connectivity index (χ0v) is 20.2. The van der Waals surface area contributed by atoms with Crippen molar-refractivity contribution in [2.45, 2.75) is 97.3 Å². The van der Waals surface area contributed by atoms with Gasteiger partial charge in [-0.15, -0.1) is 0 Å². The lowest BCUT2D eigenvalue weighted by Gasteiger charge is -2.60. The van der Waals surface area contributed by atoms with Crippen LogP contribution in [0.1, 0.15) is 97.3 Å². The predicted octanol–water partition coefficient (Wildman–Crippen LogP) is 5.40. The van der Waals surface area contributed by atoms with Crippen molar-refractivity contribution < 1.29 is 14.5 Å². The quantitative estimate of drug-likeness (QED) is 0.376. The summed E-state index contributed by atoms with van der Waals surface area (Å²) in [7, 11) is 1.71. The van der Waals surface area contributed by atoms with Crippen LogP contribution in [0.2, 0.25) is 0 Å². The van der Waals surface area contributed by atoms with Crippen LogP contribution in [0, 0.1) is 40.4 Å². The van der Waals surface area contributed by atoms with Crippen molar-refractivity contribution in [2.24, 2.45) is 40.4 Å². The SMILES string of the molecule is CNOCCONC(=O)CCCC1CCC2C3CCC4CCCCC4(C)C3CCC12C. The molecule has 4 aliphatic carbocycles. The molecule has 0 saturated heterocycles. The Kier molecular flexibility index (Phi) is 7.65. The molecule has 2 N–H and O–H groups in total. The van der Waals surface area contributed by atoms with Gasteiger partial charge in [-0.05, 0) is 105 Å². The third-order valence-electron chi connectivity index (χ3n) is 10.4. The molecule has 0 aromatic rings. The van der Waals surface area contributed by atoms with Gasteiger partial charge in [-0.2, -0.15) is 0 Å². The van der Waals surface area contributed by atoms with E-state index in [0.29, 0.717) is 30.5 Å². The molecule has 1 amide bonds. The largest absolute Gasteiger partial charge is 0.300 e. The summed E-state index contributed by atoms with van der Waals surface area (Å²) in [6.45, 7) is 6.07. The van der Waals surface area contributed by atoms with E-state index in [-0.39, 0.29) is 5.91 Å². The van der Waals surface area contributed by atoms with Crippen LogP contribution in [-0.2, 0) is 14.5 Å². The topological polar surface area (TPSA) is 59.6 Å². The number of fused-ring (bicyclic) bond motifs is 5. The van der Waals surface area contributed by atoms with Crippen molar-refractivity contribution in [3.8, 4) is 0 Å². The maximum atomic E-state index is 12.1. The highest BCUT2D eigenvalue weighted by molar-refractivity contribution is 5.74. The fourth-order valence-electron chi connectivity index (χ4n) is 8.76. The fraction of sp³-hybridized carbons (Fsp3) is 0.962. The van der Waals surface area contributed by atoms with Gasteiger partial charge in [0.25, 0.3) is 0 Å². The smallest absolute Gasteiger partial charge is 0.243 e. The van der Waals surface area contributed by atoms with Gasteiger partial charge in [-0.25, -0.2) is 11.0 Å². The molecule has 5 heteroatoms. The van der Waals surface area contributed by atoms with Gasteiger partial charge in [0.15, 0.2) is 0 Å². The number of carbonyl (C=O) groups is 1. The second-order valence-electron chi connectivity index (χ2n) is 11.5. The van der Waals surface area contributed by atoms with Crippen LogP contribution in [0.3, 0.4) is 0 Å². The maximum absolute atomic E-state index is 12.1. The summed E-state index contributed by atoms with van der Waals surface area (Å²) >= 11 is 0. The molecule has 0 aromatic heterocycles. The lowest BCUT2D eigenvalue weighted by atomic mass is 9.45. The van der Waals surface area contributed by atoms with Crippen LogP contribution in [0.25, 0.3) is 0 Å². The van der Waals surface area contributed by atoms with Crippen molar-refractivity contribution in [1.82, 2.24) is 11.0 Å². The molecule has 0 spiro atoms. The van der Waals surface area contributed by atoms with Crippen molar-refractivity contribution >= 4 is 5.91 Å². The summed E-state index contributed by atoms with van der Waals surface area (Å²) < 4.78 is 0. The van der Waals surface area contributed by atoms with Crippen LogP contribution >= 0.6 is 0 Å². The van der Waals surface area contributed by atoms with E-state index in [0.717, 1.165) is 36.0 Å². The lowest BCUT2D eigenvalue weighted by Crippen LogP contribution is -2.52. The molecular formula is C26H46N2O3. The van der Waals surface area contributed by atoms with Gasteiger partial charge in [-0.3, -0.25) is 14.5 Å². The molecule has 31 heavy (non-hydrogen) atoms. The summed E-state index contributed by atoms with van der Waals surface area (Å²) in [6.07, 6.45) is 17.4. The second-order valence-corrected chi connectivity index (χ2v) is 11.5. The molecule has 7 atom stereocenters. The second kappa shape index (κ2) is 10.1. The molecule has 4 rings (SSSR count). The lowest BCUT2D eigenvalue weighted by molar-refractivity contribution is -0.135. The van der Waals surface area contributed by atoms with Crippen LogP contribution < -0.4 is 11.0 Å². The van der Waals surface area contributed by atoms with E-state index < -0.39 is 0 Å². The molecule has 4 fully saturated rings. The van der Waals surface area contributed by atoms with Gasteiger partial charge in [0.05, 0.1) is 6.61 Å². The Labute approximate surface area is 189 Å². The number of hydrogen-bond acceptors (Lipinski definition) is 4. The first kappa shape index (κ1) is 23.5. The van der Waals surface area contributed by atoms with Crippen LogP contribution in [0.15, 0.2) is 0 Å². The van der Waals surface area contributed by atoms with Crippen molar-refractivity contribution in [3.63, 3.8) is 0 Å². The minimum absolute atomic E-state index is 0.00332. The van der Waals surface area contributed by atoms with E-state index in [2.05, 4.69) is 24.8 Å². The third kappa shape index (κ3) is 4.70. The minimum atomic E-state index is -0.00332. The monoisotopic (exact) mass is 434 g/mol. The number of hydroxylamine groups is 2. The number of nitrogens with one attached hydrogen (secondary N) is 2. The number of rotatable bonds is 9. The van der Waals surface area contributed by atoms with Crippen molar-refractivity contribution in [2.75, 3.05) is 20.3 Å². The minimum Gasteiger partial charge on any atom is -0.300 e. The normalized spacial score (nSPS) is 41.8. The summed E-state index contributed by atoms with van der Waals surface area (Å²) in [5.41, 5.74) is 6.29. The van der Waals surface area contributed by atoms with E-state index in [1.807, 2.05) is 0 Å². The highest BCUT2D eigenvalue weighted by atomic mass is 16.7. The first-order chi connectivity index (χ1) is 15.0. The summed E-state index contributed by atoms with van der Waals surface area (Å²) in [5.74, 6) is 4.69. The van der Waals surface area contributed by atoms with Crippen LogP contribution in [-0.4, -0.2) is 26.2 Å². The Balaban J connectivity index is 1.26.